The van der Waals surface area contributed by atoms with Crippen LogP contribution in [-0.2, 0) is 16.1 Å². The van der Waals surface area contributed by atoms with E-state index in [4.69, 9.17) is 10.5 Å². The first-order valence-electron chi connectivity index (χ1n) is 7.00. The maximum Gasteiger partial charge on any atom is 0.341 e. The number of ether oxygens (including phenoxy) is 1. The summed E-state index contributed by atoms with van der Waals surface area (Å²) in [5.41, 5.74) is 5.98. The predicted octanol–water partition coefficient (Wildman–Crippen LogP) is 2.24. The molecule has 24 heavy (non-hydrogen) atoms. The molecule has 0 spiro atoms. The van der Waals surface area contributed by atoms with Gasteiger partial charge < -0.3 is 15.8 Å². The van der Waals surface area contributed by atoms with E-state index >= 15 is 0 Å². The lowest BCUT2D eigenvalue weighted by atomic mass is 10.1. The zero-order valence-corrected chi connectivity index (χ0v) is 12.8. The van der Waals surface area contributed by atoms with Gasteiger partial charge in [0.15, 0.2) is 0 Å². The molecular weight excluding hydrogens is 315 g/mol. The van der Waals surface area contributed by atoms with Crippen LogP contribution in [0.4, 0.5) is 10.1 Å². The molecule has 2 aromatic carbocycles. The van der Waals surface area contributed by atoms with Gasteiger partial charge in [-0.1, -0.05) is 12.1 Å². The number of anilines is 1. The lowest BCUT2D eigenvalue weighted by Gasteiger charge is -2.08. The highest BCUT2D eigenvalue weighted by Gasteiger charge is 2.15. The monoisotopic (exact) mass is 330 g/mol. The standard InChI is InChI=1S/C17H15FN2O4/c1-10(21)20-13-5-6-15(18)14(8-13)17(23)24-9-11-3-2-4-12(7-11)16(19)22/h2-8H,9H2,1H3,(H2,19,22)(H,20,21). The van der Waals surface area contributed by atoms with Crippen LogP contribution in [0.5, 0.6) is 0 Å². The summed E-state index contributed by atoms with van der Waals surface area (Å²) in [6.07, 6.45) is 0. The third-order valence-electron chi connectivity index (χ3n) is 3.09. The largest absolute Gasteiger partial charge is 0.457 e. The molecule has 2 rings (SSSR count). The maximum atomic E-state index is 13.8. The molecule has 0 unspecified atom stereocenters. The minimum Gasteiger partial charge on any atom is -0.457 e. The topological polar surface area (TPSA) is 98.5 Å². The zero-order chi connectivity index (χ0) is 17.7. The number of hydrogen-bond acceptors (Lipinski definition) is 4. The molecular formula is C17H15FN2O4. The summed E-state index contributed by atoms with van der Waals surface area (Å²) in [5, 5.41) is 2.46. The summed E-state index contributed by atoms with van der Waals surface area (Å²) in [7, 11) is 0. The lowest BCUT2D eigenvalue weighted by molar-refractivity contribution is -0.114. The van der Waals surface area contributed by atoms with Crippen LogP contribution in [0, 0.1) is 5.82 Å². The fourth-order valence-electron chi connectivity index (χ4n) is 2.00. The van der Waals surface area contributed by atoms with Crippen LogP contribution in [-0.4, -0.2) is 17.8 Å². The Kier molecular flexibility index (Phi) is 5.26. The molecule has 0 aliphatic heterocycles. The van der Waals surface area contributed by atoms with E-state index < -0.39 is 17.7 Å². The Balaban J connectivity index is 2.11. The molecule has 0 saturated heterocycles. The third kappa shape index (κ3) is 4.39. The summed E-state index contributed by atoms with van der Waals surface area (Å²) in [6, 6.07) is 9.85. The van der Waals surface area contributed by atoms with E-state index in [-0.39, 0.29) is 29.3 Å². The van der Waals surface area contributed by atoms with Crippen molar-refractivity contribution < 1.29 is 23.5 Å². The van der Waals surface area contributed by atoms with Gasteiger partial charge in [-0.15, -0.1) is 0 Å². The molecule has 124 valence electrons. The van der Waals surface area contributed by atoms with Crippen molar-refractivity contribution in [2.45, 2.75) is 13.5 Å². The summed E-state index contributed by atoms with van der Waals surface area (Å²) >= 11 is 0. The van der Waals surface area contributed by atoms with Crippen LogP contribution in [0.15, 0.2) is 42.5 Å². The summed E-state index contributed by atoms with van der Waals surface area (Å²) in [6.45, 7) is 1.15. The van der Waals surface area contributed by atoms with Gasteiger partial charge in [-0.2, -0.15) is 0 Å². The number of rotatable bonds is 5. The number of benzene rings is 2. The number of nitrogens with one attached hydrogen (secondary N) is 1. The fraction of sp³-hybridized carbons (Fsp3) is 0.118. The van der Waals surface area contributed by atoms with Crippen molar-refractivity contribution in [3.05, 3.63) is 65.0 Å². The number of amides is 2. The molecule has 6 nitrogen and oxygen atoms in total. The molecule has 0 aliphatic carbocycles. The van der Waals surface area contributed by atoms with Gasteiger partial charge in [0.2, 0.25) is 11.8 Å². The van der Waals surface area contributed by atoms with Crippen molar-refractivity contribution in [2.24, 2.45) is 5.73 Å². The van der Waals surface area contributed by atoms with E-state index in [9.17, 15) is 18.8 Å². The fourth-order valence-corrected chi connectivity index (χ4v) is 2.00. The highest BCUT2D eigenvalue weighted by Crippen LogP contribution is 2.17. The Morgan fingerprint density at radius 1 is 1.17 bits per heavy atom. The van der Waals surface area contributed by atoms with Gasteiger partial charge in [-0.25, -0.2) is 9.18 Å². The summed E-state index contributed by atoms with van der Waals surface area (Å²) in [5.74, 6) is -2.59. The number of carbonyl (C=O) groups excluding carboxylic acids is 3. The molecule has 2 aromatic rings. The average molecular weight is 330 g/mol. The van der Waals surface area contributed by atoms with Crippen molar-refractivity contribution in [2.75, 3.05) is 5.32 Å². The van der Waals surface area contributed by atoms with Crippen LogP contribution in [0.25, 0.3) is 0 Å². The molecule has 0 radical (unpaired) electrons. The van der Waals surface area contributed by atoms with E-state index in [0.29, 0.717) is 5.56 Å². The molecule has 7 heteroatoms. The van der Waals surface area contributed by atoms with Crippen LogP contribution in [0.2, 0.25) is 0 Å². The Labute approximate surface area is 137 Å². The van der Waals surface area contributed by atoms with Crippen molar-refractivity contribution in [1.82, 2.24) is 0 Å². The van der Waals surface area contributed by atoms with Gasteiger partial charge in [-0.05, 0) is 35.9 Å². The zero-order valence-electron chi connectivity index (χ0n) is 12.8. The molecule has 0 bridgehead atoms. The predicted molar refractivity (Wildman–Crippen MR) is 84.8 cm³/mol. The molecule has 0 fully saturated rings. The van der Waals surface area contributed by atoms with Crippen LogP contribution in [0.3, 0.4) is 0 Å². The number of esters is 1. The first kappa shape index (κ1) is 17.1. The quantitative estimate of drug-likeness (QED) is 0.821. The molecule has 2 amide bonds. The van der Waals surface area contributed by atoms with Gasteiger partial charge in [0.1, 0.15) is 12.4 Å². The number of hydrogen-bond donors (Lipinski definition) is 2. The van der Waals surface area contributed by atoms with Crippen molar-refractivity contribution in [1.29, 1.82) is 0 Å². The number of halogens is 1. The smallest absolute Gasteiger partial charge is 0.341 e. The first-order valence-corrected chi connectivity index (χ1v) is 7.00. The normalized spacial score (nSPS) is 10.1. The molecule has 3 N–H and O–H groups in total. The number of nitrogens with two attached hydrogens (primary N) is 1. The second kappa shape index (κ2) is 7.36. The molecule has 0 atom stereocenters. The van der Waals surface area contributed by atoms with E-state index in [2.05, 4.69) is 5.32 Å². The minimum atomic E-state index is -0.885. The molecule has 0 aliphatic rings. The second-order valence-corrected chi connectivity index (χ2v) is 5.02. The lowest BCUT2D eigenvalue weighted by Crippen LogP contribution is -2.12. The van der Waals surface area contributed by atoms with E-state index in [1.807, 2.05) is 0 Å². The highest BCUT2D eigenvalue weighted by molar-refractivity contribution is 5.94. The van der Waals surface area contributed by atoms with Crippen molar-refractivity contribution in [3.8, 4) is 0 Å². The Morgan fingerprint density at radius 2 is 1.92 bits per heavy atom. The van der Waals surface area contributed by atoms with E-state index in [1.54, 1.807) is 12.1 Å². The van der Waals surface area contributed by atoms with Crippen molar-refractivity contribution >= 4 is 23.5 Å². The van der Waals surface area contributed by atoms with Gasteiger partial charge in [0.25, 0.3) is 0 Å². The second-order valence-electron chi connectivity index (χ2n) is 5.02. The molecule has 0 aromatic heterocycles. The third-order valence-corrected chi connectivity index (χ3v) is 3.09. The van der Waals surface area contributed by atoms with Crippen molar-refractivity contribution in [3.63, 3.8) is 0 Å². The van der Waals surface area contributed by atoms with Gasteiger partial charge in [-0.3, -0.25) is 9.59 Å². The SMILES string of the molecule is CC(=O)Nc1ccc(F)c(C(=O)OCc2cccc(C(N)=O)c2)c1. The molecule has 0 heterocycles. The number of carbonyl (C=O) groups is 3. The Bertz CT molecular complexity index is 805. The average Bonchev–Trinajstić information content (AvgIpc) is 2.54. The number of primary amides is 1. The van der Waals surface area contributed by atoms with E-state index in [1.165, 1.54) is 31.2 Å². The van der Waals surface area contributed by atoms with Gasteiger partial charge in [0, 0.05) is 18.2 Å². The van der Waals surface area contributed by atoms with Gasteiger partial charge in [0.05, 0.1) is 5.56 Å². The van der Waals surface area contributed by atoms with Gasteiger partial charge >= 0.3 is 5.97 Å². The molecule has 0 saturated carbocycles. The van der Waals surface area contributed by atoms with E-state index in [0.717, 1.165) is 6.07 Å². The van der Waals surface area contributed by atoms with Crippen LogP contribution in [0.1, 0.15) is 33.2 Å². The Morgan fingerprint density at radius 3 is 2.58 bits per heavy atom. The summed E-state index contributed by atoms with van der Waals surface area (Å²) < 4.78 is 18.8. The first-order chi connectivity index (χ1) is 11.4. The minimum absolute atomic E-state index is 0.149. The maximum absolute atomic E-state index is 13.8. The van der Waals surface area contributed by atoms with Crippen LogP contribution < -0.4 is 11.1 Å². The Hall–Kier alpha value is -3.22. The highest BCUT2D eigenvalue weighted by atomic mass is 19.1. The van der Waals surface area contributed by atoms with Crippen LogP contribution >= 0.6 is 0 Å². The summed E-state index contributed by atoms with van der Waals surface area (Å²) in [4.78, 5) is 34.2.